The molecule has 1 amide bonds. The highest BCUT2D eigenvalue weighted by Crippen LogP contribution is 2.43. The minimum absolute atomic E-state index is 0.0780. The number of phosphoric acid groups is 1. The Balaban J connectivity index is 4.10. The first-order chi connectivity index (χ1) is 25.0. The number of carbonyl (C=O) groups is 1. The van der Waals surface area contributed by atoms with E-state index in [0.717, 1.165) is 38.5 Å². The van der Waals surface area contributed by atoms with Crippen LogP contribution >= 0.6 is 7.82 Å². The van der Waals surface area contributed by atoms with Crippen molar-refractivity contribution in [1.29, 1.82) is 0 Å². The number of likely N-dealkylation sites (N-methyl/N-ethyl adjacent to an activating group) is 1. The zero-order valence-electron chi connectivity index (χ0n) is 35.3. The molecule has 0 aromatic carbocycles. The first-order valence-electron chi connectivity index (χ1n) is 22.4. The SMILES string of the molecule is CCCCCCCCCCCCCCCCCCCCCCCCC(=O)NC(COP(=O)(O)OCC[N+](C)(C)C)C(O)CCCCCCCCCC. The lowest BCUT2D eigenvalue weighted by atomic mass is 10.0. The molecule has 0 aliphatic rings. The fraction of sp³-hybridized carbons (Fsp3) is 0.977. The van der Waals surface area contributed by atoms with Crippen molar-refractivity contribution in [3.8, 4) is 0 Å². The second-order valence-corrected chi connectivity index (χ2v) is 18.2. The van der Waals surface area contributed by atoms with Crippen LogP contribution in [0.2, 0.25) is 0 Å². The van der Waals surface area contributed by atoms with Crippen LogP contribution in [-0.4, -0.2) is 73.4 Å². The maximum atomic E-state index is 12.8. The van der Waals surface area contributed by atoms with Gasteiger partial charge in [0.05, 0.1) is 39.9 Å². The molecular formula is C43H90N2O6P+. The molecule has 0 fully saturated rings. The molecule has 3 N–H and O–H groups in total. The second-order valence-electron chi connectivity index (χ2n) is 16.8. The summed E-state index contributed by atoms with van der Waals surface area (Å²) in [6, 6.07) is -0.751. The fourth-order valence-corrected chi connectivity index (χ4v) is 7.49. The first-order valence-corrected chi connectivity index (χ1v) is 23.9. The van der Waals surface area contributed by atoms with Gasteiger partial charge in [-0.05, 0) is 12.8 Å². The van der Waals surface area contributed by atoms with Crippen LogP contribution in [0.1, 0.15) is 219 Å². The topological polar surface area (TPSA) is 105 Å². The number of quaternary nitrogens is 1. The van der Waals surface area contributed by atoms with E-state index >= 15 is 0 Å². The van der Waals surface area contributed by atoms with Crippen LogP contribution in [0.15, 0.2) is 0 Å². The van der Waals surface area contributed by atoms with Gasteiger partial charge in [0.15, 0.2) is 0 Å². The maximum Gasteiger partial charge on any atom is 0.472 e. The predicted molar refractivity (Wildman–Crippen MR) is 222 cm³/mol. The summed E-state index contributed by atoms with van der Waals surface area (Å²) >= 11 is 0. The number of unbranched alkanes of at least 4 members (excludes halogenated alkanes) is 28. The molecule has 0 radical (unpaired) electrons. The molecule has 0 heterocycles. The Hall–Kier alpha value is -0.500. The van der Waals surface area contributed by atoms with Crippen molar-refractivity contribution in [2.75, 3.05) is 40.9 Å². The van der Waals surface area contributed by atoms with Crippen LogP contribution in [0.25, 0.3) is 0 Å². The van der Waals surface area contributed by atoms with Crippen molar-refractivity contribution in [3.63, 3.8) is 0 Å². The largest absolute Gasteiger partial charge is 0.472 e. The number of amides is 1. The summed E-state index contributed by atoms with van der Waals surface area (Å²) in [6.07, 6.45) is 38.6. The Bertz CT molecular complexity index is 824. The van der Waals surface area contributed by atoms with E-state index in [9.17, 15) is 19.4 Å². The Morgan fingerprint density at radius 3 is 1.29 bits per heavy atom. The third kappa shape index (κ3) is 37.8. The number of rotatable bonds is 41. The molecule has 0 saturated carbocycles. The van der Waals surface area contributed by atoms with Crippen molar-refractivity contribution in [2.45, 2.75) is 231 Å². The molecule has 0 saturated heterocycles. The average Bonchev–Trinajstić information content (AvgIpc) is 3.09. The number of carbonyl (C=O) groups excluding carboxylic acids is 1. The molecule has 0 aliphatic carbocycles. The summed E-state index contributed by atoms with van der Waals surface area (Å²) in [5.41, 5.74) is 0. The minimum atomic E-state index is -4.30. The lowest BCUT2D eigenvalue weighted by molar-refractivity contribution is -0.870. The lowest BCUT2D eigenvalue weighted by Gasteiger charge is -2.26. The van der Waals surface area contributed by atoms with Crippen LogP contribution in [0.3, 0.4) is 0 Å². The zero-order chi connectivity index (χ0) is 38.6. The van der Waals surface area contributed by atoms with Gasteiger partial charge in [0.1, 0.15) is 13.2 Å². The molecule has 3 atom stereocenters. The van der Waals surface area contributed by atoms with Gasteiger partial charge in [-0.15, -0.1) is 0 Å². The van der Waals surface area contributed by atoms with Gasteiger partial charge in [-0.25, -0.2) is 4.57 Å². The van der Waals surface area contributed by atoms with Gasteiger partial charge in [-0.3, -0.25) is 13.8 Å². The molecule has 0 aromatic rings. The summed E-state index contributed by atoms with van der Waals surface area (Å²) in [6.45, 7) is 4.87. The third-order valence-corrected chi connectivity index (χ3v) is 11.3. The quantitative estimate of drug-likeness (QED) is 0.0325. The highest BCUT2D eigenvalue weighted by molar-refractivity contribution is 7.47. The highest BCUT2D eigenvalue weighted by atomic mass is 31.2. The molecule has 0 aromatic heterocycles. The number of nitrogens with zero attached hydrogens (tertiary/aromatic N) is 1. The van der Waals surface area contributed by atoms with Crippen LogP contribution in [-0.2, 0) is 18.4 Å². The first kappa shape index (κ1) is 51.5. The summed E-state index contributed by atoms with van der Waals surface area (Å²) < 4.78 is 23.5. The van der Waals surface area contributed by atoms with Crippen LogP contribution in [0, 0.1) is 0 Å². The predicted octanol–water partition coefficient (Wildman–Crippen LogP) is 12.2. The number of hydrogen-bond donors (Lipinski definition) is 3. The lowest BCUT2D eigenvalue weighted by Crippen LogP contribution is -2.46. The van der Waals surface area contributed by atoms with Crippen molar-refractivity contribution in [1.82, 2.24) is 5.32 Å². The number of aliphatic hydroxyl groups excluding tert-OH is 1. The van der Waals surface area contributed by atoms with Gasteiger partial charge < -0.3 is 19.8 Å². The Morgan fingerprint density at radius 2 is 0.923 bits per heavy atom. The van der Waals surface area contributed by atoms with Crippen molar-refractivity contribution < 1.29 is 32.9 Å². The highest BCUT2D eigenvalue weighted by Gasteiger charge is 2.28. The van der Waals surface area contributed by atoms with E-state index in [4.69, 9.17) is 9.05 Å². The molecule has 0 aliphatic heterocycles. The van der Waals surface area contributed by atoms with E-state index < -0.39 is 20.0 Å². The second kappa shape index (κ2) is 36.2. The Kier molecular flexibility index (Phi) is 35.8. The fourth-order valence-electron chi connectivity index (χ4n) is 6.75. The molecule has 9 heteroatoms. The number of hydrogen-bond acceptors (Lipinski definition) is 5. The molecule has 0 bridgehead atoms. The normalized spacial score (nSPS) is 14.4. The number of aliphatic hydroxyl groups is 1. The molecule has 3 unspecified atom stereocenters. The van der Waals surface area contributed by atoms with Crippen molar-refractivity contribution in [3.05, 3.63) is 0 Å². The molecule has 0 spiro atoms. The van der Waals surface area contributed by atoms with E-state index in [0.29, 0.717) is 23.9 Å². The summed E-state index contributed by atoms with van der Waals surface area (Å²) in [5, 5.41) is 13.9. The van der Waals surface area contributed by atoms with Crippen LogP contribution < -0.4 is 5.32 Å². The summed E-state index contributed by atoms with van der Waals surface area (Å²) in [4.78, 5) is 23.0. The molecule has 8 nitrogen and oxygen atoms in total. The van der Waals surface area contributed by atoms with Gasteiger partial charge in [0.2, 0.25) is 5.91 Å². The number of phosphoric ester groups is 1. The third-order valence-electron chi connectivity index (χ3n) is 10.4. The van der Waals surface area contributed by atoms with Gasteiger partial charge in [0.25, 0.3) is 0 Å². The van der Waals surface area contributed by atoms with Crippen LogP contribution in [0.5, 0.6) is 0 Å². The van der Waals surface area contributed by atoms with E-state index in [1.807, 2.05) is 21.1 Å². The molecular weight excluding hydrogens is 671 g/mol. The van der Waals surface area contributed by atoms with E-state index in [1.165, 1.54) is 154 Å². The van der Waals surface area contributed by atoms with Crippen LogP contribution in [0.4, 0.5) is 0 Å². The van der Waals surface area contributed by atoms with Gasteiger partial charge >= 0.3 is 7.82 Å². The van der Waals surface area contributed by atoms with E-state index in [1.54, 1.807) is 0 Å². The Morgan fingerprint density at radius 1 is 0.577 bits per heavy atom. The van der Waals surface area contributed by atoms with Crippen molar-refractivity contribution >= 4 is 13.7 Å². The molecule has 0 rings (SSSR count). The summed E-state index contributed by atoms with van der Waals surface area (Å²) in [5.74, 6) is -0.143. The minimum Gasteiger partial charge on any atom is -0.391 e. The van der Waals surface area contributed by atoms with Gasteiger partial charge in [-0.2, -0.15) is 0 Å². The maximum absolute atomic E-state index is 12.8. The molecule has 52 heavy (non-hydrogen) atoms. The number of nitrogens with one attached hydrogen (secondary N) is 1. The van der Waals surface area contributed by atoms with E-state index in [2.05, 4.69) is 19.2 Å². The van der Waals surface area contributed by atoms with E-state index in [-0.39, 0.29) is 19.1 Å². The summed E-state index contributed by atoms with van der Waals surface area (Å²) in [7, 11) is 1.62. The standard InChI is InChI=1S/C43H89N2O6P/c1-6-8-10-12-14-16-17-18-19-20-21-22-23-24-25-26-27-28-29-31-33-35-37-43(47)44-41(40-51-52(48,49)50-39-38-45(3,4)5)42(46)36-34-32-30-15-13-11-9-7-2/h41-42,46H,6-40H2,1-5H3,(H-,44,47,48,49)/p+1. The zero-order valence-corrected chi connectivity index (χ0v) is 36.2. The van der Waals surface area contributed by atoms with Gasteiger partial charge in [-0.1, -0.05) is 200 Å². The van der Waals surface area contributed by atoms with Gasteiger partial charge in [0, 0.05) is 6.42 Å². The Labute approximate surface area is 323 Å². The smallest absolute Gasteiger partial charge is 0.391 e. The molecule has 312 valence electrons. The van der Waals surface area contributed by atoms with Crippen molar-refractivity contribution in [2.24, 2.45) is 0 Å². The monoisotopic (exact) mass is 762 g/mol. The average molecular weight is 762 g/mol.